The molecule has 7 nitrogen and oxygen atoms in total. The molecule has 0 aliphatic carbocycles. The number of methoxy groups -OCH3 is 1. The van der Waals surface area contributed by atoms with Crippen LogP contribution in [0.5, 0.6) is 5.75 Å². The van der Waals surface area contributed by atoms with E-state index in [2.05, 4.69) is 4.72 Å². The molecule has 0 spiro atoms. The topological polar surface area (TPSA) is 92.8 Å². The molecule has 1 N–H and O–H groups in total. The average molecular weight is 374 g/mol. The fraction of sp³-hybridized carbons (Fsp3) is 0.222. The normalized spacial score (nSPS) is 13.8. The minimum absolute atomic E-state index is 0.0161. The van der Waals surface area contributed by atoms with E-state index >= 15 is 0 Å². The summed E-state index contributed by atoms with van der Waals surface area (Å²) in [6.45, 7) is 1.63. The molecule has 0 saturated heterocycles. The van der Waals surface area contributed by atoms with Crippen LogP contribution in [0.1, 0.15) is 26.3 Å². The minimum atomic E-state index is -3.84. The van der Waals surface area contributed by atoms with Crippen LogP contribution in [0.2, 0.25) is 0 Å². The van der Waals surface area contributed by atoms with Crippen molar-refractivity contribution >= 4 is 21.8 Å². The first-order valence-electron chi connectivity index (χ1n) is 7.94. The number of aryl methyl sites for hydroxylation is 1. The van der Waals surface area contributed by atoms with E-state index in [1.807, 2.05) is 0 Å². The summed E-state index contributed by atoms with van der Waals surface area (Å²) in [5, 5.41) is 0. The molecule has 1 heterocycles. The summed E-state index contributed by atoms with van der Waals surface area (Å²) >= 11 is 0. The summed E-state index contributed by atoms with van der Waals surface area (Å²) in [7, 11) is -2.45. The SMILES string of the molecule is COc1ccc(C)cc1S(=O)(=O)NCCN1C(=O)c2ccccc2C1=O. The summed E-state index contributed by atoms with van der Waals surface area (Å²) in [6, 6.07) is 11.4. The second-order valence-electron chi connectivity index (χ2n) is 5.86. The molecular weight excluding hydrogens is 356 g/mol. The van der Waals surface area contributed by atoms with Gasteiger partial charge in [-0.05, 0) is 36.8 Å². The highest BCUT2D eigenvalue weighted by atomic mass is 32.2. The zero-order chi connectivity index (χ0) is 18.9. The summed E-state index contributed by atoms with van der Waals surface area (Å²) in [5.74, 6) is -0.611. The van der Waals surface area contributed by atoms with Crippen molar-refractivity contribution in [1.29, 1.82) is 0 Å². The molecule has 0 aromatic heterocycles. The lowest BCUT2D eigenvalue weighted by Crippen LogP contribution is -2.38. The van der Waals surface area contributed by atoms with Crippen LogP contribution in [0.4, 0.5) is 0 Å². The van der Waals surface area contributed by atoms with Crippen LogP contribution in [0, 0.1) is 6.92 Å². The number of fused-ring (bicyclic) bond motifs is 1. The number of nitrogens with one attached hydrogen (secondary N) is 1. The van der Waals surface area contributed by atoms with Crippen LogP contribution in [-0.2, 0) is 10.0 Å². The molecule has 2 amide bonds. The molecule has 2 aromatic carbocycles. The third kappa shape index (κ3) is 3.21. The van der Waals surface area contributed by atoms with Crippen molar-refractivity contribution in [3.8, 4) is 5.75 Å². The molecule has 2 aromatic rings. The molecule has 0 unspecified atom stereocenters. The number of sulfonamides is 1. The molecular formula is C18H18N2O5S. The molecule has 0 bridgehead atoms. The van der Waals surface area contributed by atoms with Crippen molar-refractivity contribution in [3.63, 3.8) is 0 Å². The number of ether oxygens (including phenoxy) is 1. The van der Waals surface area contributed by atoms with Gasteiger partial charge in [0.25, 0.3) is 11.8 Å². The molecule has 1 aliphatic rings. The Bertz CT molecular complexity index is 950. The van der Waals surface area contributed by atoms with Crippen molar-refractivity contribution in [2.75, 3.05) is 20.2 Å². The van der Waals surface area contributed by atoms with Gasteiger partial charge in [0, 0.05) is 13.1 Å². The third-order valence-electron chi connectivity index (χ3n) is 4.11. The number of amides is 2. The van der Waals surface area contributed by atoms with E-state index in [1.165, 1.54) is 13.2 Å². The zero-order valence-electron chi connectivity index (χ0n) is 14.4. The third-order valence-corrected chi connectivity index (χ3v) is 5.60. The van der Waals surface area contributed by atoms with E-state index in [0.717, 1.165) is 10.5 Å². The Morgan fingerprint density at radius 3 is 2.23 bits per heavy atom. The lowest BCUT2D eigenvalue weighted by atomic mass is 10.1. The number of rotatable bonds is 6. The fourth-order valence-electron chi connectivity index (χ4n) is 2.81. The number of carbonyl (C=O) groups is 2. The average Bonchev–Trinajstić information content (AvgIpc) is 2.87. The van der Waals surface area contributed by atoms with Gasteiger partial charge >= 0.3 is 0 Å². The van der Waals surface area contributed by atoms with Gasteiger partial charge in [-0.25, -0.2) is 13.1 Å². The molecule has 0 saturated carbocycles. The Hall–Kier alpha value is -2.71. The Kier molecular flexibility index (Phi) is 4.80. The summed E-state index contributed by atoms with van der Waals surface area (Å²) in [4.78, 5) is 25.6. The maximum absolute atomic E-state index is 12.5. The van der Waals surface area contributed by atoms with Crippen molar-refractivity contribution in [2.24, 2.45) is 0 Å². The molecule has 0 radical (unpaired) electrons. The van der Waals surface area contributed by atoms with Crippen LogP contribution in [0.15, 0.2) is 47.4 Å². The fourth-order valence-corrected chi connectivity index (χ4v) is 4.08. The molecule has 0 atom stereocenters. The van der Waals surface area contributed by atoms with Gasteiger partial charge in [0.1, 0.15) is 10.6 Å². The van der Waals surface area contributed by atoms with E-state index in [1.54, 1.807) is 43.3 Å². The number of benzene rings is 2. The zero-order valence-corrected chi connectivity index (χ0v) is 15.2. The highest BCUT2D eigenvalue weighted by molar-refractivity contribution is 7.89. The lowest BCUT2D eigenvalue weighted by Gasteiger charge is -2.15. The maximum atomic E-state index is 12.5. The van der Waals surface area contributed by atoms with E-state index in [4.69, 9.17) is 4.74 Å². The van der Waals surface area contributed by atoms with Crippen LogP contribution in [0.3, 0.4) is 0 Å². The van der Waals surface area contributed by atoms with Gasteiger partial charge < -0.3 is 4.74 Å². The highest BCUT2D eigenvalue weighted by Gasteiger charge is 2.34. The Labute approximate surface area is 151 Å². The Balaban J connectivity index is 1.72. The van der Waals surface area contributed by atoms with E-state index in [9.17, 15) is 18.0 Å². The molecule has 3 rings (SSSR count). The van der Waals surface area contributed by atoms with E-state index in [-0.39, 0.29) is 23.7 Å². The van der Waals surface area contributed by atoms with Crippen molar-refractivity contribution in [3.05, 3.63) is 59.2 Å². The van der Waals surface area contributed by atoms with E-state index in [0.29, 0.717) is 11.1 Å². The molecule has 26 heavy (non-hydrogen) atoms. The monoisotopic (exact) mass is 374 g/mol. The number of hydrogen-bond acceptors (Lipinski definition) is 5. The predicted molar refractivity (Wildman–Crippen MR) is 94.7 cm³/mol. The predicted octanol–water partition coefficient (Wildman–Crippen LogP) is 1.58. The molecule has 0 fully saturated rings. The maximum Gasteiger partial charge on any atom is 0.261 e. The van der Waals surface area contributed by atoms with Crippen LogP contribution >= 0.6 is 0 Å². The van der Waals surface area contributed by atoms with Gasteiger partial charge in [-0.1, -0.05) is 18.2 Å². The highest BCUT2D eigenvalue weighted by Crippen LogP contribution is 2.25. The van der Waals surface area contributed by atoms with Gasteiger partial charge in [0.2, 0.25) is 10.0 Å². The number of carbonyl (C=O) groups excluding carboxylic acids is 2. The van der Waals surface area contributed by atoms with Crippen molar-refractivity contribution in [2.45, 2.75) is 11.8 Å². The van der Waals surface area contributed by atoms with Gasteiger partial charge in [-0.3, -0.25) is 14.5 Å². The van der Waals surface area contributed by atoms with Gasteiger partial charge in [0.15, 0.2) is 0 Å². The molecule has 1 aliphatic heterocycles. The summed E-state index contributed by atoms with van der Waals surface area (Å²) in [6.07, 6.45) is 0. The quantitative estimate of drug-likeness (QED) is 0.775. The first-order valence-corrected chi connectivity index (χ1v) is 9.43. The summed E-state index contributed by atoms with van der Waals surface area (Å²) in [5.41, 5.74) is 1.44. The van der Waals surface area contributed by atoms with Gasteiger partial charge in [-0.2, -0.15) is 0 Å². The van der Waals surface area contributed by atoms with Crippen LogP contribution < -0.4 is 9.46 Å². The van der Waals surface area contributed by atoms with Crippen molar-refractivity contribution in [1.82, 2.24) is 9.62 Å². The van der Waals surface area contributed by atoms with Crippen LogP contribution in [-0.4, -0.2) is 45.3 Å². The van der Waals surface area contributed by atoms with Gasteiger partial charge in [0.05, 0.1) is 18.2 Å². The molecule has 136 valence electrons. The number of imide groups is 1. The smallest absolute Gasteiger partial charge is 0.261 e. The van der Waals surface area contributed by atoms with Crippen molar-refractivity contribution < 1.29 is 22.7 Å². The minimum Gasteiger partial charge on any atom is -0.495 e. The van der Waals surface area contributed by atoms with Crippen LogP contribution in [0.25, 0.3) is 0 Å². The Morgan fingerprint density at radius 1 is 1.04 bits per heavy atom. The van der Waals surface area contributed by atoms with E-state index < -0.39 is 21.8 Å². The standard InChI is InChI=1S/C18H18N2O5S/c1-12-7-8-15(25-2)16(11-12)26(23,24)19-9-10-20-17(21)13-5-3-4-6-14(13)18(20)22/h3-8,11,19H,9-10H2,1-2H3. The second kappa shape index (κ2) is 6.89. The second-order valence-corrected chi connectivity index (χ2v) is 7.59. The first kappa shape index (κ1) is 18.1. The number of nitrogens with zero attached hydrogens (tertiary/aromatic N) is 1. The Morgan fingerprint density at radius 2 is 1.65 bits per heavy atom. The summed E-state index contributed by atoms with van der Waals surface area (Å²) < 4.78 is 32.6. The largest absolute Gasteiger partial charge is 0.495 e. The number of hydrogen-bond donors (Lipinski definition) is 1. The van der Waals surface area contributed by atoms with Gasteiger partial charge in [-0.15, -0.1) is 0 Å². The molecule has 8 heteroatoms. The first-order chi connectivity index (χ1) is 12.3. The lowest BCUT2D eigenvalue weighted by molar-refractivity contribution is 0.0657.